The van der Waals surface area contributed by atoms with Crippen molar-refractivity contribution in [3.05, 3.63) is 45.5 Å². The molecule has 1 aliphatic rings. The molecule has 124 valence electrons. The second-order valence-electron chi connectivity index (χ2n) is 6.15. The van der Waals surface area contributed by atoms with Crippen molar-refractivity contribution >= 4 is 33.3 Å². The van der Waals surface area contributed by atoms with Crippen LogP contribution in [0, 0.1) is 11.3 Å². The maximum Gasteiger partial charge on any atom is 0.126 e. The van der Waals surface area contributed by atoms with Crippen LogP contribution in [0.5, 0.6) is 0 Å². The number of pyridine rings is 1. The molecule has 0 atom stereocenters. The van der Waals surface area contributed by atoms with Crippen molar-refractivity contribution in [2.24, 2.45) is 5.73 Å². The van der Waals surface area contributed by atoms with E-state index in [4.69, 9.17) is 22.6 Å². The molecule has 0 spiro atoms. The molecule has 6 heteroatoms. The van der Waals surface area contributed by atoms with E-state index < -0.39 is 0 Å². The number of hydrogen-bond donors (Lipinski definition) is 2. The van der Waals surface area contributed by atoms with E-state index in [2.05, 4.69) is 32.3 Å². The van der Waals surface area contributed by atoms with Crippen LogP contribution in [-0.2, 0) is 0 Å². The fraction of sp³-hybridized carbons (Fsp3) is 0.333. The zero-order valence-electron chi connectivity index (χ0n) is 13.1. The normalized spacial score (nSPS) is 20.4. The van der Waals surface area contributed by atoms with Crippen LogP contribution >= 0.6 is 27.5 Å². The molecule has 3 rings (SSSR count). The van der Waals surface area contributed by atoms with Gasteiger partial charge in [0.05, 0.1) is 16.7 Å². The number of benzene rings is 1. The summed E-state index contributed by atoms with van der Waals surface area (Å²) in [6.07, 6.45) is 5.83. The van der Waals surface area contributed by atoms with E-state index in [1.54, 1.807) is 12.3 Å². The van der Waals surface area contributed by atoms with Gasteiger partial charge < -0.3 is 11.1 Å². The number of anilines is 1. The predicted molar refractivity (Wildman–Crippen MR) is 101 cm³/mol. The summed E-state index contributed by atoms with van der Waals surface area (Å²) in [5, 5.41) is 13.2. The van der Waals surface area contributed by atoms with Gasteiger partial charge in [-0.15, -0.1) is 0 Å². The number of nitrogens with two attached hydrogens (primary N) is 1. The van der Waals surface area contributed by atoms with E-state index in [0.29, 0.717) is 22.7 Å². The first-order chi connectivity index (χ1) is 11.5. The van der Waals surface area contributed by atoms with E-state index in [-0.39, 0.29) is 0 Å². The van der Waals surface area contributed by atoms with Crippen LogP contribution < -0.4 is 11.1 Å². The number of hydrogen-bond acceptors (Lipinski definition) is 4. The van der Waals surface area contributed by atoms with Crippen molar-refractivity contribution in [2.75, 3.05) is 5.32 Å². The number of rotatable bonds is 3. The highest BCUT2D eigenvalue weighted by Crippen LogP contribution is 2.32. The maximum absolute atomic E-state index is 9.16. The molecule has 1 saturated carbocycles. The SMILES string of the molecule is N#Cc1cc(Br)cc(-c2cc(NC3CCC(N)CC3)ncc2Cl)c1. The Morgan fingerprint density at radius 1 is 1.21 bits per heavy atom. The van der Waals surface area contributed by atoms with Crippen LogP contribution in [0.25, 0.3) is 11.1 Å². The van der Waals surface area contributed by atoms with Crippen molar-refractivity contribution in [3.63, 3.8) is 0 Å². The van der Waals surface area contributed by atoms with Gasteiger partial charge in [0.2, 0.25) is 0 Å². The smallest absolute Gasteiger partial charge is 0.126 e. The number of nitriles is 1. The highest BCUT2D eigenvalue weighted by molar-refractivity contribution is 9.10. The van der Waals surface area contributed by atoms with Crippen molar-refractivity contribution in [3.8, 4) is 17.2 Å². The third-order valence-corrected chi connectivity index (χ3v) is 5.08. The van der Waals surface area contributed by atoms with Crippen molar-refractivity contribution < 1.29 is 0 Å². The van der Waals surface area contributed by atoms with Crippen LogP contribution in [0.4, 0.5) is 5.82 Å². The molecule has 24 heavy (non-hydrogen) atoms. The van der Waals surface area contributed by atoms with E-state index in [9.17, 15) is 0 Å². The van der Waals surface area contributed by atoms with Crippen LogP contribution in [0.2, 0.25) is 5.02 Å². The maximum atomic E-state index is 9.16. The summed E-state index contributed by atoms with van der Waals surface area (Å²) in [6.45, 7) is 0. The Hall–Kier alpha value is -1.61. The molecule has 1 fully saturated rings. The lowest BCUT2D eigenvalue weighted by Crippen LogP contribution is -2.33. The van der Waals surface area contributed by atoms with Gasteiger partial charge in [0, 0.05) is 28.3 Å². The second-order valence-corrected chi connectivity index (χ2v) is 7.47. The van der Waals surface area contributed by atoms with Crippen LogP contribution in [0.1, 0.15) is 31.2 Å². The van der Waals surface area contributed by atoms with E-state index >= 15 is 0 Å². The van der Waals surface area contributed by atoms with Gasteiger partial charge in [0.1, 0.15) is 5.82 Å². The minimum Gasteiger partial charge on any atom is -0.367 e. The quantitative estimate of drug-likeness (QED) is 0.775. The number of aromatic nitrogens is 1. The summed E-state index contributed by atoms with van der Waals surface area (Å²) in [6, 6.07) is 10.4. The highest BCUT2D eigenvalue weighted by atomic mass is 79.9. The topological polar surface area (TPSA) is 74.7 Å². The first-order valence-electron chi connectivity index (χ1n) is 7.94. The Morgan fingerprint density at radius 3 is 2.67 bits per heavy atom. The monoisotopic (exact) mass is 404 g/mol. The Labute approximate surface area is 155 Å². The predicted octanol–water partition coefficient (Wildman–Crippen LogP) is 4.72. The van der Waals surface area contributed by atoms with Crippen LogP contribution in [0.15, 0.2) is 34.9 Å². The minimum atomic E-state index is 0.322. The molecule has 3 N–H and O–H groups in total. The molecule has 0 radical (unpaired) electrons. The molecule has 0 amide bonds. The average molecular weight is 406 g/mol. The third-order valence-electron chi connectivity index (χ3n) is 4.32. The van der Waals surface area contributed by atoms with Gasteiger partial charge in [0.25, 0.3) is 0 Å². The summed E-state index contributed by atoms with van der Waals surface area (Å²) >= 11 is 9.78. The van der Waals surface area contributed by atoms with Gasteiger partial charge >= 0.3 is 0 Å². The number of halogens is 2. The van der Waals surface area contributed by atoms with Crippen LogP contribution in [0.3, 0.4) is 0 Å². The largest absolute Gasteiger partial charge is 0.367 e. The lowest BCUT2D eigenvalue weighted by atomic mass is 9.92. The zero-order chi connectivity index (χ0) is 17.1. The number of nitrogens with zero attached hydrogens (tertiary/aromatic N) is 2. The molecule has 0 saturated heterocycles. The molecule has 1 aliphatic carbocycles. The second kappa shape index (κ2) is 7.52. The molecular weight excluding hydrogens is 388 g/mol. The standard InChI is InChI=1S/C18H18BrClN4/c19-13-6-11(9-21)5-12(7-13)16-8-18(23-10-17(16)20)24-15-3-1-14(22)2-4-15/h5-8,10,14-15H,1-4,22H2,(H,23,24). The molecule has 4 nitrogen and oxygen atoms in total. The third kappa shape index (κ3) is 4.07. The Morgan fingerprint density at radius 2 is 1.96 bits per heavy atom. The lowest BCUT2D eigenvalue weighted by Gasteiger charge is -2.27. The summed E-state index contributed by atoms with van der Waals surface area (Å²) in [7, 11) is 0. The van der Waals surface area contributed by atoms with Gasteiger partial charge in [0.15, 0.2) is 0 Å². The van der Waals surface area contributed by atoms with E-state index in [1.807, 2.05) is 18.2 Å². The lowest BCUT2D eigenvalue weighted by molar-refractivity contribution is 0.410. The van der Waals surface area contributed by atoms with Gasteiger partial charge in [-0.1, -0.05) is 27.5 Å². The molecule has 0 bridgehead atoms. The van der Waals surface area contributed by atoms with Gasteiger partial charge in [-0.3, -0.25) is 0 Å². The Kier molecular flexibility index (Phi) is 5.40. The molecule has 0 aliphatic heterocycles. The van der Waals surface area contributed by atoms with Crippen LogP contribution in [-0.4, -0.2) is 17.1 Å². The van der Waals surface area contributed by atoms with E-state index in [1.165, 1.54) is 0 Å². The van der Waals surface area contributed by atoms with Crippen molar-refractivity contribution in [1.29, 1.82) is 5.26 Å². The molecule has 1 aromatic carbocycles. The summed E-state index contributed by atoms with van der Waals surface area (Å²) in [5.41, 5.74) is 8.30. The van der Waals surface area contributed by atoms with Gasteiger partial charge in [-0.25, -0.2) is 4.98 Å². The molecule has 2 aromatic rings. The van der Waals surface area contributed by atoms with Gasteiger partial charge in [-0.05, 0) is 55.5 Å². The Balaban J connectivity index is 1.87. The summed E-state index contributed by atoms with van der Waals surface area (Å²) < 4.78 is 0.847. The Bertz CT molecular complexity index is 779. The molecule has 1 heterocycles. The summed E-state index contributed by atoms with van der Waals surface area (Å²) in [4.78, 5) is 4.39. The highest BCUT2D eigenvalue weighted by Gasteiger charge is 2.19. The van der Waals surface area contributed by atoms with Gasteiger partial charge in [-0.2, -0.15) is 5.26 Å². The van der Waals surface area contributed by atoms with E-state index in [0.717, 1.165) is 47.1 Å². The fourth-order valence-electron chi connectivity index (χ4n) is 3.02. The molecule has 0 unspecified atom stereocenters. The first-order valence-corrected chi connectivity index (χ1v) is 9.11. The fourth-order valence-corrected chi connectivity index (χ4v) is 3.73. The van der Waals surface area contributed by atoms with Crippen molar-refractivity contribution in [1.82, 2.24) is 4.98 Å². The zero-order valence-corrected chi connectivity index (χ0v) is 15.4. The summed E-state index contributed by atoms with van der Waals surface area (Å²) in [5.74, 6) is 0.799. The molecule has 1 aromatic heterocycles. The first kappa shape index (κ1) is 17.2. The minimum absolute atomic E-state index is 0.322. The number of nitrogens with one attached hydrogen (secondary N) is 1. The molecular formula is C18H18BrClN4. The average Bonchev–Trinajstić information content (AvgIpc) is 2.58. The van der Waals surface area contributed by atoms with Crippen molar-refractivity contribution in [2.45, 2.75) is 37.8 Å².